The highest BCUT2D eigenvalue weighted by atomic mass is 16.5. The van der Waals surface area contributed by atoms with Crippen molar-refractivity contribution in [2.75, 3.05) is 0 Å². The lowest BCUT2D eigenvalue weighted by molar-refractivity contribution is -0.145. The lowest BCUT2D eigenvalue weighted by Crippen LogP contribution is -2.30. The number of carbonyl (C=O) groups is 2. The maximum Gasteiger partial charge on any atom is 0.344 e. The van der Waals surface area contributed by atoms with E-state index >= 15 is 0 Å². The summed E-state index contributed by atoms with van der Waals surface area (Å²) in [5, 5.41) is 8.83. The van der Waals surface area contributed by atoms with E-state index in [1.165, 1.54) is 6.92 Å². The standard InChI is InChI=1S/C12H12O4/c1-7(13)8-2-4-10-9(6-8)3-5-11(16-10)12(14)15/h2,4,6,11H,3,5H2,1H3,(H,14,15). The molecule has 0 fully saturated rings. The number of ketones is 1. The molecule has 1 heterocycles. The van der Waals surface area contributed by atoms with E-state index in [0.29, 0.717) is 24.2 Å². The Kier molecular flexibility index (Phi) is 2.64. The highest BCUT2D eigenvalue weighted by molar-refractivity contribution is 5.94. The number of benzene rings is 1. The van der Waals surface area contributed by atoms with Crippen LogP contribution in [0.3, 0.4) is 0 Å². The number of hydrogen-bond donors (Lipinski definition) is 1. The molecule has 4 nitrogen and oxygen atoms in total. The first-order valence-corrected chi connectivity index (χ1v) is 5.11. The lowest BCUT2D eigenvalue weighted by atomic mass is 9.99. The molecule has 4 heteroatoms. The molecule has 0 aromatic heterocycles. The van der Waals surface area contributed by atoms with Crippen LogP contribution in [0.15, 0.2) is 18.2 Å². The average Bonchev–Trinajstić information content (AvgIpc) is 2.27. The second kappa shape index (κ2) is 3.96. The van der Waals surface area contributed by atoms with Gasteiger partial charge in [0.15, 0.2) is 11.9 Å². The first-order valence-electron chi connectivity index (χ1n) is 5.11. The molecule has 84 valence electrons. The maximum absolute atomic E-state index is 11.2. The molecule has 0 bridgehead atoms. The lowest BCUT2D eigenvalue weighted by Gasteiger charge is -2.23. The minimum atomic E-state index is -0.943. The van der Waals surface area contributed by atoms with Crippen LogP contribution in [0.25, 0.3) is 0 Å². The van der Waals surface area contributed by atoms with Gasteiger partial charge in [-0.3, -0.25) is 4.79 Å². The molecule has 0 amide bonds. The van der Waals surface area contributed by atoms with Crippen LogP contribution in [0.4, 0.5) is 0 Å². The van der Waals surface area contributed by atoms with Gasteiger partial charge in [0.25, 0.3) is 0 Å². The third-order valence-electron chi connectivity index (χ3n) is 2.69. The van der Waals surface area contributed by atoms with Crippen LogP contribution in [-0.2, 0) is 11.2 Å². The number of Topliss-reactive ketones (excluding diaryl/α,β-unsaturated/α-hetero) is 1. The monoisotopic (exact) mass is 220 g/mol. The molecule has 1 atom stereocenters. The topological polar surface area (TPSA) is 63.6 Å². The normalized spacial score (nSPS) is 18.4. The molecular formula is C12H12O4. The quantitative estimate of drug-likeness (QED) is 0.770. The summed E-state index contributed by atoms with van der Waals surface area (Å²) in [6.45, 7) is 1.51. The van der Waals surface area contributed by atoms with Crippen molar-refractivity contribution in [1.29, 1.82) is 0 Å². The molecular weight excluding hydrogens is 208 g/mol. The first-order chi connectivity index (χ1) is 7.58. The van der Waals surface area contributed by atoms with Gasteiger partial charge in [0.2, 0.25) is 0 Å². The number of carboxylic acid groups (broad SMARTS) is 1. The van der Waals surface area contributed by atoms with Gasteiger partial charge in [0.05, 0.1) is 0 Å². The van der Waals surface area contributed by atoms with Crippen molar-refractivity contribution in [2.24, 2.45) is 0 Å². The van der Waals surface area contributed by atoms with Crippen molar-refractivity contribution in [1.82, 2.24) is 0 Å². The van der Waals surface area contributed by atoms with Crippen LogP contribution >= 0.6 is 0 Å². The number of hydrogen-bond acceptors (Lipinski definition) is 3. The fourth-order valence-corrected chi connectivity index (χ4v) is 1.78. The molecule has 2 rings (SSSR count). The van der Waals surface area contributed by atoms with Crippen LogP contribution in [0.2, 0.25) is 0 Å². The smallest absolute Gasteiger partial charge is 0.344 e. The third kappa shape index (κ3) is 1.91. The van der Waals surface area contributed by atoms with Crippen LogP contribution in [0, 0.1) is 0 Å². The number of carboxylic acids is 1. The van der Waals surface area contributed by atoms with Crippen molar-refractivity contribution >= 4 is 11.8 Å². The van der Waals surface area contributed by atoms with Crippen molar-refractivity contribution in [3.63, 3.8) is 0 Å². The van der Waals surface area contributed by atoms with Gasteiger partial charge in [0, 0.05) is 5.56 Å². The predicted molar refractivity (Wildman–Crippen MR) is 56.8 cm³/mol. The summed E-state index contributed by atoms with van der Waals surface area (Å²) < 4.78 is 5.32. The number of fused-ring (bicyclic) bond motifs is 1. The largest absolute Gasteiger partial charge is 0.479 e. The second-order valence-electron chi connectivity index (χ2n) is 3.86. The molecule has 1 unspecified atom stereocenters. The first kappa shape index (κ1) is 10.7. The van der Waals surface area contributed by atoms with Gasteiger partial charge in [0.1, 0.15) is 5.75 Å². The van der Waals surface area contributed by atoms with E-state index in [0.717, 1.165) is 5.56 Å². The Morgan fingerprint density at radius 1 is 1.44 bits per heavy atom. The summed E-state index contributed by atoms with van der Waals surface area (Å²) >= 11 is 0. The molecule has 16 heavy (non-hydrogen) atoms. The van der Waals surface area contributed by atoms with E-state index in [4.69, 9.17) is 9.84 Å². The van der Waals surface area contributed by atoms with E-state index in [9.17, 15) is 9.59 Å². The van der Waals surface area contributed by atoms with Crippen LogP contribution in [0.5, 0.6) is 5.75 Å². The Labute approximate surface area is 92.8 Å². The summed E-state index contributed by atoms with van der Waals surface area (Å²) in [6, 6.07) is 5.10. The van der Waals surface area contributed by atoms with Gasteiger partial charge < -0.3 is 9.84 Å². The molecule has 1 aliphatic rings. The maximum atomic E-state index is 11.2. The van der Waals surface area contributed by atoms with Gasteiger partial charge >= 0.3 is 5.97 Å². The van der Waals surface area contributed by atoms with Crippen molar-refractivity contribution in [2.45, 2.75) is 25.9 Å². The Morgan fingerprint density at radius 2 is 2.19 bits per heavy atom. The zero-order valence-corrected chi connectivity index (χ0v) is 8.90. The molecule has 1 aromatic rings. The molecule has 1 N–H and O–H groups in total. The van der Waals surface area contributed by atoms with E-state index < -0.39 is 12.1 Å². The Morgan fingerprint density at radius 3 is 2.81 bits per heavy atom. The molecule has 0 saturated carbocycles. The van der Waals surface area contributed by atoms with E-state index in [-0.39, 0.29) is 5.78 Å². The van der Waals surface area contributed by atoms with Crippen molar-refractivity contribution in [3.8, 4) is 5.75 Å². The summed E-state index contributed by atoms with van der Waals surface area (Å²) in [6.07, 6.45) is 0.313. The molecule has 0 aliphatic carbocycles. The minimum Gasteiger partial charge on any atom is -0.479 e. The molecule has 1 aliphatic heterocycles. The Bertz CT molecular complexity index is 450. The number of aryl methyl sites for hydroxylation is 1. The van der Waals surface area contributed by atoms with E-state index in [2.05, 4.69) is 0 Å². The van der Waals surface area contributed by atoms with Crippen LogP contribution in [-0.4, -0.2) is 23.0 Å². The number of rotatable bonds is 2. The predicted octanol–water partition coefficient (Wildman–Crippen LogP) is 1.67. The van der Waals surface area contributed by atoms with Gasteiger partial charge in [-0.1, -0.05) is 0 Å². The van der Waals surface area contributed by atoms with Crippen LogP contribution in [0.1, 0.15) is 29.3 Å². The van der Waals surface area contributed by atoms with Crippen molar-refractivity contribution < 1.29 is 19.4 Å². The van der Waals surface area contributed by atoms with Gasteiger partial charge in [-0.2, -0.15) is 0 Å². The minimum absolute atomic E-state index is 0.00292. The highest BCUT2D eigenvalue weighted by Gasteiger charge is 2.25. The van der Waals surface area contributed by atoms with E-state index in [1.807, 2.05) is 0 Å². The van der Waals surface area contributed by atoms with Gasteiger partial charge in [-0.15, -0.1) is 0 Å². The fourth-order valence-electron chi connectivity index (χ4n) is 1.78. The zero-order chi connectivity index (χ0) is 11.7. The molecule has 0 radical (unpaired) electrons. The number of carbonyl (C=O) groups excluding carboxylic acids is 1. The third-order valence-corrected chi connectivity index (χ3v) is 2.69. The number of aliphatic carboxylic acids is 1. The van der Waals surface area contributed by atoms with E-state index in [1.54, 1.807) is 18.2 Å². The fraction of sp³-hybridized carbons (Fsp3) is 0.333. The summed E-state index contributed by atoms with van der Waals surface area (Å²) in [5.74, 6) is -0.367. The number of ether oxygens (including phenoxy) is 1. The highest BCUT2D eigenvalue weighted by Crippen LogP contribution is 2.28. The molecule has 0 spiro atoms. The summed E-state index contributed by atoms with van der Waals surface area (Å²) in [5.41, 5.74) is 1.54. The SMILES string of the molecule is CC(=O)c1ccc2c(c1)CCC(C(=O)O)O2. The van der Waals surface area contributed by atoms with Crippen LogP contribution < -0.4 is 4.74 Å². The summed E-state index contributed by atoms with van der Waals surface area (Å²) in [7, 11) is 0. The summed E-state index contributed by atoms with van der Waals surface area (Å²) in [4.78, 5) is 21.9. The average molecular weight is 220 g/mol. The molecule has 0 saturated heterocycles. The van der Waals surface area contributed by atoms with Gasteiger partial charge in [-0.05, 0) is 43.5 Å². The molecule has 1 aromatic carbocycles. The Hall–Kier alpha value is -1.84. The van der Waals surface area contributed by atoms with Gasteiger partial charge in [-0.25, -0.2) is 4.79 Å². The second-order valence-corrected chi connectivity index (χ2v) is 3.86. The Balaban J connectivity index is 2.29. The zero-order valence-electron chi connectivity index (χ0n) is 8.90. The van der Waals surface area contributed by atoms with Crippen molar-refractivity contribution in [3.05, 3.63) is 29.3 Å².